The Kier molecular flexibility index (Phi) is 5.31. The maximum Gasteiger partial charge on any atom is 0.226 e. The molecule has 0 fully saturated rings. The average molecular weight is 306 g/mol. The molecule has 1 aromatic heterocycles. The molecule has 0 saturated heterocycles. The van der Waals surface area contributed by atoms with Crippen molar-refractivity contribution in [1.82, 2.24) is 4.98 Å². The van der Waals surface area contributed by atoms with Crippen LogP contribution in [0, 0.1) is 0 Å². The third-order valence-electron chi connectivity index (χ3n) is 2.45. The maximum atomic E-state index is 11.7. The van der Waals surface area contributed by atoms with E-state index in [9.17, 15) is 9.59 Å². The number of amides is 1. The molecule has 2 rings (SSSR count). The zero-order valence-corrected chi connectivity index (χ0v) is 12.6. The average Bonchev–Trinajstić information content (AvgIpc) is 2.88. The molecular weight excluding hydrogens is 292 g/mol. The second-order valence-corrected chi connectivity index (χ2v) is 6.08. The fourth-order valence-corrected chi connectivity index (χ4v) is 3.09. The molecular formula is C14H14N2O2S2. The first-order chi connectivity index (χ1) is 9.65. The Hall–Kier alpha value is -1.66. The highest BCUT2D eigenvalue weighted by molar-refractivity contribution is 7.99. The van der Waals surface area contributed by atoms with Crippen molar-refractivity contribution in [3.63, 3.8) is 0 Å². The first kappa shape index (κ1) is 14.7. The molecule has 1 aromatic carbocycles. The minimum absolute atomic E-state index is 0.0853. The van der Waals surface area contributed by atoms with Crippen LogP contribution in [0.5, 0.6) is 0 Å². The third-order valence-corrected chi connectivity index (χ3v) is 4.22. The van der Waals surface area contributed by atoms with Gasteiger partial charge in [0.1, 0.15) is 5.69 Å². The van der Waals surface area contributed by atoms with E-state index in [-0.39, 0.29) is 11.7 Å². The fraction of sp³-hybridized carbons (Fsp3) is 0.214. The molecule has 0 aliphatic heterocycles. The highest BCUT2D eigenvalue weighted by Gasteiger charge is 2.09. The van der Waals surface area contributed by atoms with Crippen LogP contribution in [0.15, 0.2) is 40.6 Å². The second-order valence-electron chi connectivity index (χ2n) is 4.05. The number of carbonyl (C=O) groups excluding carboxylic acids is 2. The first-order valence-corrected chi connectivity index (χ1v) is 7.96. The van der Waals surface area contributed by atoms with E-state index < -0.39 is 0 Å². The largest absolute Gasteiger partial charge is 0.302 e. The van der Waals surface area contributed by atoms with Gasteiger partial charge in [0.25, 0.3) is 0 Å². The van der Waals surface area contributed by atoms with Crippen LogP contribution >= 0.6 is 23.1 Å². The van der Waals surface area contributed by atoms with Crippen molar-refractivity contribution in [2.75, 3.05) is 11.1 Å². The first-order valence-electron chi connectivity index (χ1n) is 6.09. The molecule has 2 aromatic rings. The van der Waals surface area contributed by atoms with Crippen molar-refractivity contribution in [3.05, 3.63) is 41.4 Å². The lowest BCUT2D eigenvalue weighted by atomic mass is 10.4. The van der Waals surface area contributed by atoms with Gasteiger partial charge in [0.05, 0.1) is 0 Å². The van der Waals surface area contributed by atoms with Gasteiger partial charge in [-0.05, 0) is 12.1 Å². The number of nitrogens with one attached hydrogen (secondary N) is 1. The molecule has 20 heavy (non-hydrogen) atoms. The van der Waals surface area contributed by atoms with Crippen LogP contribution in [-0.4, -0.2) is 22.4 Å². The predicted octanol–water partition coefficient (Wildman–Crippen LogP) is 3.47. The number of thiazole rings is 1. The number of aromatic nitrogens is 1. The summed E-state index contributed by atoms with van der Waals surface area (Å²) in [6.07, 6.45) is 0.411. The zero-order valence-electron chi connectivity index (χ0n) is 11.0. The molecule has 1 heterocycles. The molecule has 0 unspecified atom stereocenters. The lowest BCUT2D eigenvalue weighted by Crippen LogP contribution is -2.12. The molecule has 0 saturated carbocycles. The number of thioether (sulfide) groups is 1. The summed E-state index contributed by atoms with van der Waals surface area (Å²) in [5, 5.41) is 4.83. The third kappa shape index (κ3) is 4.47. The van der Waals surface area contributed by atoms with E-state index in [0.29, 0.717) is 23.0 Å². The van der Waals surface area contributed by atoms with Crippen LogP contribution in [0.25, 0.3) is 0 Å². The number of rotatable bonds is 6. The van der Waals surface area contributed by atoms with Gasteiger partial charge in [-0.25, -0.2) is 4.98 Å². The van der Waals surface area contributed by atoms with Crippen LogP contribution in [0.2, 0.25) is 0 Å². The standard InChI is InChI=1S/C14H14N2O2S2/c1-10(17)12-9-20-14(15-12)16-13(18)7-8-19-11-5-3-2-4-6-11/h2-6,9H,7-8H2,1H3,(H,15,16,18). The fourth-order valence-electron chi connectivity index (χ4n) is 1.45. The predicted molar refractivity (Wildman–Crippen MR) is 82.5 cm³/mol. The summed E-state index contributed by atoms with van der Waals surface area (Å²) in [5.41, 5.74) is 0.393. The van der Waals surface area contributed by atoms with Gasteiger partial charge < -0.3 is 5.32 Å². The monoisotopic (exact) mass is 306 g/mol. The molecule has 0 atom stereocenters. The van der Waals surface area contributed by atoms with Crippen molar-refractivity contribution >= 4 is 39.9 Å². The Morgan fingerprint density at radius 1 is 1.30 bits per heavy atom. The van der Waals surface area contributed by atoms with E-state index in [1.54, 1.807) is 17.1 Å². The lowest BCUT2D eigenvalue weighted by molar-refractivity contribution is -0.115. The van der Waals surface area contributed by atoms with E-state index >= 15 is 0 Å². The summed E-state index contributed by atoms with van der Waals surface area (Å²) in [6, 6.07) is 9.94. The van der Waals surface area contributed by atoms with Crippen LogP contribution in [0.4, 0.5) is 5.13 Å². The molecule has 0 spiro atoms. The number of hydrogen-bond donors (Lipinski definition) is 1. The van der Waals surface area contributed by atoms with Crippen LogP contribution < -0.4 is 5.32 Å². The van der Waals surface area contributed by atoms with Crippen LogP contribution in [0.3, 0.4) is 0 Å². The van der Waals surface area contributed by atoms with E-state index in [1.807, 2.05) is 30.3 Å². The topological polar surface area (TPSA) is 59.1 Å². The molecule has 0 aliphatic rings. The number of nitrogens with zero attached hydrogens (tertiary/aromatic N) is 1. The maximum absolute atomic E-state index is 11.7. The van der Waals surface area contributed by atoms with Crippen LogP contribution in [0.1, 0.15) is 23.8 Å². The van der Waals surface area contributed by atoms with Gasteiger partial charge in [0, 0.05) is 29.4 Å². The summed E-state index contributed by atoms with van der Waals surface area (Å²) < 4.78 is 0. The Bertz CT molecular complexity index is 596. The molecule has 0 radical (unpaired) electrons. The van der Waals surface area contributed by atoms with E-state index in [1.165, 1.54) is 18.3 Å². The highest BCUT2D eigenvalue weighted by atomic mass is 32.2. The molecule has 104 valence electrons. The van der Waals surface area contributed by atoms with Gasteiger partial charge in [0.2, 0.25) is 5.91 Å². The summed E-state index contributed by atoms with van der Waals surface area (Å²) >= 11 is 2.90. The van der Waals surface area contributed by atoms with Gasteiger partial charge in [-0.3, -0.25) is 9.59 Å². The molecule has 6 heteroatoms. The Labute approximate surface area is 125 Å². The van der Waals surface area contributed by atoms with Gasteiger partial charge in [-0.15, -0.1) is 23.1 Å². The summed E-state index contributed by atoms with van der Waals surface area (Å²) in [5.74, 6) is 0.528. The Morgan fingerprint density at radius 2 is 2.05 bits per heavy atom. The zero-order chi connectivity index (χ0) is 14.4. The normalized spacial score (nSPS) is 10.2. The van der Waals surface area contributed by atoms with E-state index in [2.05, 4.69) is 10.3 Å². The molecule has 0 aliphatic carbocycles. The number of benzene rings is 1. The van der Waals surface area contributed by atoms with Crippen molar-refractivity contribution in [1.29, 1.82) is 0 Å². The molecule has 1 N–H and O–H groups in total. The molecule has 4 nitrogen and oxygen atoms in total. The van der Waals surface area contributed by atoms with Gasteiger partial charge in [0.15, 0.2) is 10.9 Å². The summed E-state index contributed by atoms with van der Waals surface area (Å²) in [6.45, 7) is 1.46. The Balaban J connectivity index is 1.76. The summed E-state index contributed by atoms with van der Waals surface area (Å²) in [4.78, 5) is 28.0. The SMILES string of the molecule is CC(=O)c1csc(NC(=O)CCSc2ccccc2)n1. The van der Waals surface area contributed by atoms with Gasteiger partial charge in [-0.1, -0.05) is 18.2 Å². The lowest BCUT2D eigenvalue weighted by Gasteiger charge is -2.02. The van der Waals surface area contributed by atoms with E-state index in [0.717, 1.165) is 4.90 Å². The van der Waals surface area contributed by atoms with Crippen molar-refractivity contribution in [3.8, 4) is 0 Å². The van der Waals surface area contributed by atoms with Crippen LogP contribution in [-0.2, 0) is 4.79 Å². The summed E-state index contributed by atoms with van der Waals surface area (Å²) in [7, 11) is 0. The molecule has 1 amide bonds. The van der Waals surface area contributed by atoms with Crippen molar-refractivity contribution in [2.45, 2.75) is 18.2 Å². The van der Waals surface area contributed by atoms with Gasteiger partial charge >= 0.3 is 0 Å². The quantitative estimate of drug-likeness (QED) is 0.656. The number of hydrogen-bond acceptors (Lipinski definition) is 5. The number of anilines is 1. The minimum Gasteiger partial charge on any atom is -0.302 e. The minimum atomic E-state index is -0.0959. The van der Waals surface area contributed by atoms with E-state index in [4.69, 9.17) is 0 Å². The van der Waals surface area contributed by atoms with Crippen molar-refractivity contribution in [2.24, 2.45) is 0 Å². The second kappa shape index (κ2) is 7.21. The smallest absolute Gasteiger partial charge is 0.226 e. The number of ketones is 1. The molecule has 0 bridgehead atoms. The Morgan fingerprint density at radius 3 is 2.70 bits per heavy atom. The number of Topliss-reactive ketones (excluding diaryl/α,β-unsaturated/α-hetero) is 1. The number of carbonyl (C=O) groups is 2. The highest BCUT2D eigenvalue weighted by Crippen LogP contribution is 2.19. The van der Waals surface area contributed by atoms with Crippen molar-refractivity contribution < 1.29 is 9.59 Å². The van der Waals surface area contributed by atoms with Gasteiger partial charge in [-0.2, -0.15) is 0 Å².